The van der Waals surface area contributed by atoms with Gasteiger partial charge in [0.1, 0.15) is 11.5 Å². The Bertz CT molecular complexity index is 533. The van der Waals surface area contributed by atoms with Crippen molar-refractivity contribution >= 4 is 16.9 Å². The fourth-order valence-corrected chi connectivity index (χ4v) is 1.36. The second kappa shape index (κ2) is 7.87. The minimum Gasteiger partial charge on any atom is -0.384 e. The van der Waals surface area contributed by atoms with Crippen LogP contribution in [0.15, 0.2) is 48.9 Å². The second-order valence-electron chi connectivity index (χ2n) is 3.68. The zero-order valence-electron chi connectivity index (χ0n) is 11.6. The van der Waals surface area contributed by atoms with Gasteiger partial charge in [0.15, 0.2) is 0 Å². The first-order chi connectivity index (χ1) is 9.25. The molecule has 0 atom stereocenters. The van der Waals surface area contributed by atoms with Crippen molar-refractivity contribution in [3.63, 3.8) is 0 Å². The summed E-state index contributed by atoms with van der Waals surface area (Å²) in [5.74, 6) is 0.579. The number of H-pyrrole nitrogens is 1. The van der Waals surface area contributed by atoms with Gasteiger partial charge in [0.25, 0.3) is 0 Å². The van der Waals surface area contributed by atoms with Crippen LogP contribution in [0.5, 0.6) is 0 Å². The molecule has 100 valence electrons. The van der Waals surface area contributed by atoms with Crippen molar-refractivity contribution in [2.24, 2.45) is 0 Å². The molecule has 0 spiro atoms. The number of hydrogen-bond donors (Lipinski definition) is 2. The lowest BCUT2D eigenvalue weighted by Crippen LogP contribution is -1.87. The Labute approximate surface area is 113 Å². The largest absolute Gasteiger partial charge is 0.384 e. The summed E-state index contributed by atoms with van der Waals surface area (Å²) in [5.41, 5.74) is 7.41. The Balaban J connectivity index is 0.000000170. The first-order valence-electron chi connectivity index (χ1n) is 6.32. The van der Waals surface area contributed by atoms with Gasteiger partial charge in [-0.1, -0.05) is 19.9 Å². The zero-order chi connectivity index (χ0) is 14.1. The van der Waals surface area contributed by atoms with E-state index in [2.05, 4.69) is 15.0 Å². The fourth-order valence-electron chi connectivity index (χ4n) is 1.36. The molecule has 3 aromatic heterocycles. The smallest absolute Gasteiger partial charge is 0.137 e. The summed E-state index contributed by atoms with van der Waals surface area (Å²) >= 11 is 0. The number of aromatic amines is 1. The number of aromatic nitrogens is 3. The maximum Gasteiger partial charge on any atom is 0.137 e. The van der Waals surface area contributed by atoms with Gasteiger partial charge in [-0.05, 0) is 36.8 Å². The van der Waals surface area contributed by atoms with Crippen LogP contribution in [0, 0.1) is 6.92 Å². The van der Waals surface area contributed by atoms with Gasteiger partial charge in [-0.25, -0.2) is 9.97 Å². The third-order valence-electron chi connectivity index (χ3n) is 2.26. The van der Waals surface area contributed by atoms with E-state index in [0.717, 1.165) is 16.6 Å². The summed E-state index contributed by atoms with van der Waals surface area (Å²) in [6, 6.07) is 9.68. The Morgan fingerprint density at radius 2 is 1.84 bits per heavy atom. The second-order valence-corrected chi connectivity index (χ2v) is 3.68. The molecule has 0 aromatic carbocycles. The van der Waals surface area contributed by atoms with Crippen LogP contribution in [0.3, 0.4) is 0 Å². The SMILES string of the molecule is CC.Cc1ccc(N)nc1.c1cnc2[nH]ccc2c1. The van der Waals surface area contributed by atoms with E-state index < -0.39 is 0 Å². The molecule has 0 radical (unpaired) electrons. The van der Waals surface area contributed by atoms with Crippen molar-refractivity contribution in [2.45, 2.75) is 20.8 Å². The van der Waals surface area contributed by atoms with Gasteiger partial charge in [0.05, 0.1) is 0 Å². The molecule has 19 heavy (non-hydrogen) atoms. The molecule has 3 aromatic rings. The Morgan fingerprint density at radius 3 is 2.42 bits per heavy atom. The van der Waals surface area contributed by atoms with Crippen molar-refractivity contribution in [3.05, 3.63) is 54.5 Å². The summed E-state index contributed by atoms with van der Waals surface area (Å²) in [6.45, 7) is 5.98. The summed E-state index contributed by atoms with van der Waals surface area (Å²) in [7, 11) is 0. The van der Waals surface area contributed by atoms with E-state index in [4.69, 9.17) is 5.73 Å². The molecule has 0 aliphatic heterocycles. The van der Waals surface area contributed by atoms with Gasteiger partial charge >= 0.3 is 0 Å². The summed E-state index contributed by atoms with van der Waals surface area (Å²) in [6.07, 6.45) is 5.41. The lowest BCUT2D eigenvalue weighted by molar-refractivity contribution is 1.28. The number of aryl methyl sites for hydroxylation is 1. The van der Waals surface area contributed by atoms with Crippen molar-refractivity contribution in [1.29, 1.82) is 0 Å². The number of nitrogens with zero attached hydrogens (tertiary/aromatic N) is 2. The number of rotatable bonds is 0. The lowest BCUT2D eigenvalue weighted by atomic mass is 10.3. The highest BCUT2D eigenvalue weighted by atomic mass is 14.8. The van der Waals surface area contributed by atoms with Crippen LogP contribution in [0.25, 0.3) is 11.0 Å². The lowest BCUT2D eigenvalue weighted by Gasteiger charge is -1.89. The molecule has 0 aliphatic rings. The molecule has 0 unspecified atom stereocenters. The maximum atomic E-state index is 5.32. The Morgan fingerprint density at radius 1 is 1.05 bits per heavy atom. The number of pyridine rings is 2. The minimum absolute atomic E-state index is 0.579. The molecule has 4 nitrogen and oxygen atoms in total. The van der Waals surface area contributed by atoms with Crippen molar-refractivity contribution in [1.82, 2.24) is 15.0 Å². The monoisotopic (exact) mass is 256 g/mol. The van der Waals surface area contributed by atoms with Crippen molar-refractivity contribution < 1.29 is 0 Å². The molecular weight excluding hydrogens is 236 g/mol. The number of nitrogens with one attached hydrogen (secondary N) is 1. The third-order valence-corrected chi connectivity index (χ3v) is 2.26. The van der Waals surface area contributed by atoms with Gasteiger partial charge in [-0.3, -0.25) is 0 Å². The van der Waals surface area contributed by atoms with Gasteiger partial charge in [-0.2, -0.15) is 0 Å². The van der Waals surface area contributed by atoms with Crippen LogP contribution in [-0.4, -0.2) is 15.0 Å². The van der Waals surface area contributed by atoms with Gasteiger partial charge in [0, 0.05) is 24.0 Å². The van der Waals surface area contributed by atoms with E-state index in [9.17, 15) is 0 Å². The summed E-state index contributed by atoms with van der Waals surface area (Å²) in [5, 5.41) is 1.16. The molecule has 3 heterocycles. The summed E-state index contributed by atoms with van der Waals surface area (Å²) in [4.78, 5) is 11.0. The highest BCUT2D eigenvalue weighted by Gasteiger charge is 1.88. The average Bonchev–Trinajstić information content (AvgIpc) is 2.93. The number of hydrogen-bond acceptors (Lipinski definition) is 3. The first kappa shape index (κ1) is 14.7. The minimum atomic E-state index is 0.579. The highest BCUT2D eigenvalue weighted by molar-refractivity contribution is 5.74. The quantitative estimate of drug-likeness (QED) is 0.646. The Kier molecular flexibility index (Phi) is 6.09. The molecule has 0 aliphatic carbocycles. The number of anilines is 1. The topological polar surface area (TPSA) is 67.6 Å². The van der Waals surface area contributed by atoms with Crippen LogP contribution in [0.1, 0.15) is 19.4 Å². The standard InChI is InChI=1S/C7H6N2.C6H8N2.C2H6/c1-2-6-3-5-9-7(6)8-4-1;1-5-2-3-6(7)8-4-5;1-2/h1-5H,(H,8,9);2-4H,1H3,(H2,7,8);1-2H3. The maximum absolute atomic E-state index is 5.32. The van der Waals surface area contributed by atoms with Crippen molar-refractivity contribution in [2.75, 3.05) is 5.73 Å². The average molecular weight is 256 g/mol. The molecule has 3 rings (SSSR count). The fraction of sp³-hybridized carbons (Fsp3) is 0.200. The third kappa shape index (κ3) is 4.79. The van der Waals surface area contributed by atoms with Crippen LogP contribution in [0.4, 0.5) is 5.82 Å². The predicted molar refractivity (Wildman–Crippen MR) is 80.8 cm³/mol. The van der Waals surface area contributed by atoms with Gasteiger partial charge in [-0.15, -0.1) is 0 Å². The molecule has 0 bridgehead atoms. The van der Waals surface area contributed by atoms with Gasteiger partial charge < -0.3 is 10.7 Å². The Hall–Kier alpha value is -2.36. The van der Waals surface area contributed by atoms with E-state index in [1.54, 1.807) is 18.5 Å². The molecule has 0 saturated carbocycles. The van der Waals surface area contributed by atoms with Crippen LogP contribution < -0.4 is 5.73 Å². The normalized spacial score (nSPS) is 9.00. The van der Waals surface area contributed by atoms with E-state index >= 15 is 0 Å². The van der Waals surface area contributed by atoms with Crippen LogP contribution >= 0.6 is 0 Å². The van der Waals surface area contributed by atoms with Crippen LogP contribution in [-0.2, 0) is 0 Å². The van der Waals surface area contributed by atoms with E-state index in [0.29, 0.717) is 5.82 Å². The molecule has 3 N–H and O–H groups in total. The highest BCUT2D eigenvalue weighted by Crippen LogP contribution is 2.05. The van der Waals surface area contributed by atoms with E-state index in [1.165, 1.54) is 0 Å². The van der Waals surface area contributed by atoms with Crippen molar-refractivity contribution in [3.8, 4) is 0 Å². The van der Waals surface area contributed by atoms with E-state index in [-0.39, 0.29) is 0 Å². The van der Waals surface area contributed by atoms with E-state index in [1.807, 2.05) is 51.2 Å². The molecule has 4 heteroatoms. The molecule has 0 saturated heterocycles. The molecule has 0 amide bonds. The van der Waals surface area contributed by atoms with Crippen LogP contribution in [0.2, 0.25) is 0 Å². The van der Waals surface area contributed by atoms with Gasteiger partial charge in [0.2, 0.25) is 0 Å². The first-order valence-corrected chi connectivity index (χ1v) is 6.32. The number of nitrogen functional groups attached to an aromatic ring is 1. The number of fused-ring (bicyclic) bond motifs is 1. The predicted octanol–water partition coefficient (Wildman–Crippen LogP) is 3.56. The number of nitrogens with two attached hydrogens (primary N) is 1. The zero-order valence-corrected chi connectivity index (χ0v) is 11.6. The summed E-state index contributed by atoms with van der Waals surface area (Å²) < 4.78 is 0. The molecular formula is C15H20N4. The molecule has 0 fully saturated rings.